The second-order valence-corrected chi connectivity index (χ2v) is 6.54. The first-order chi connectivity index (χ1) is 12.7. The lowest BCUT2D eigenvalue weighted by molar-refractivity contribution is 0.108. The van der Waals surface area contributed by atoms with Crippen molar-refractivity contribution < 1.29 is 14.0 Å². The first-order valence-corrected chi connectivity index (χ1v) is 8.16. The first-order valence-electron chi connectivity index (χ1n) is 8.16. The van der Waals surface area contributed by atoms with Gasteiger partial charge in [0.2, 0.25) is 0 Å². The Kier molecular flexibility index (Phi) is 2.40. The molecule has 0 amide bonds. The number of hydrazine groups is 1. The minimum absolute atomic E-state index is 0.182. The number of rotatable bonds is 2. The number of hydrogen-bond donors (Lipinski definition) is 1. The number of nitrogens with zero attached hydrogens (tertiary/aromatic N) is 7. The van der Waals surface area contributed by atoms with Crippen molar-refractivity contribution in [3.8, 4) is 5.69 Å². The van der Waals surface area contributed by atoms with E-state index >= 15 is 0 Å². The monoisotopic (exact) mass is 353 g/mol. The molecule has 10 heteroatoms. The molecule has 4 heterocycles. The molecule has 0 saturated heterocycles. The van der Waals surface area contributed by atoms with Gasteiger partial charge in [-0.25, -0.2) is 20.0 Å². The predicted octanol–water partition coefficient (Wildman–Crippen LogP) is 1.66. The molecule has 1 atom stereocenters. The molecule has 9 nitrogen and oxygen atoms in total. The van der Waals surface area contributed by atoms with Crippen molar-refractivity contribution in [1.82, 2.24) is 19.7 Å². The zero-order valence-corrected chi connectivity index (χ0v) is 13.3. The van der Waals surface area contributed by atoms with E-state index < -0.39 is 11.7 Å². The Balaban J connectivity index is 1.49. The van der Waals surface area contributed by atoms with Gasteiger partial charge in [0.15, 0.2) is 12.0 Å². The molecule has 1 N–H and O–H groups in total. The van der Waals surface area contributed by atoms with Crippen LogP contribution in [0.5, 0.6) is 0 Å². The fraction of sp³-hybridized carbons (Fsp3) is 0.250. The highest BCUT2D eigenvalue weighted by Gasteiger charge is 2.49. The van der Waals surface area contributed by atoms with Crippen LogP contribution in [0.15, 0.2) is 40.0 Å². The van der Waals surface area contributed by atoms with Gasteiger partial charge < -0.3 is 9.63 Å². The molecule has 3 aromatic rings. The second-order valence-electron chi connectivity index (χ2n) is 6.54. The molecule has 130 valence electrons. The average Bonchev–Trinajstić information content (AvgIpc) is 3.06. The molecule has 26 heavy (non-hydrogen) atoms. The summed E-state index contributed by atoms with van der Waals surface area (Å²) in [5.41, 5.74) is 0.503. The summed E-state index contributed by atoms with van der Waals surface area (Å²) in [6, 6.07) is 7.44. The molecule has 1 unspecified atom stereocenters. The third-order valence-corrected chi connectivity index (χ3v) is 4.91. The number of hydrogen-bond acceptors (Lipinski definition) is 8. The third-order valence-electron chi connectivity index (χ3n) is 4.91. The van der Waals surface area contributed by atoms with E-state index in [2.05, 4.69) is 20.1 Å². The number of aliphatic hydroxyl groups is 1. The summed E-state index contributed by atoms with van der Waals surface area (Å²) in [5.74, 6) is 0.903. The van der Waals surface area contributed by atoms with E-state index in [0.717, 1.165) is 5.56 Å². The summed E-state index contributed by atoms with van der Waals surface area (Å²) >= 11 is 0. The van der Waals surface area contributed by atoms with Gasteiger partial charge in [-0.1, -0.05) is 18.2 Å². The lowest BCUT2D eigenvalue weighted by Gasteiger charge is -2.35. The highest BCUT2D eigenvalue weighted by Crippen LogP contribution is 2.46. The molecular weight excluding hydrogens is 341 g/mol. The van der Waals surface area contributed by atoms with Gasteiger partial charge in [0, 0.05) is 5.56 Å². The summed E-state index contributed by atoms with van der Waals surface area (Å²) in [6.45, 7) is 0. The zero-order valence-electron chi connectivity index (χ0n) is 13.3. The van der Waals surface area contributed by atoms with Gasteiger partial charge in [0.25, 0.3) is 17.9 Å². The normalized spacial score (nSPS) is 21.5. The maximum Gasteiger partial charge on any atom is 0.295 e. The standard InChI is InChI=1S/C16H12FN7O2/c17-14-18-7-11-23(14)10-4-2-1-3-9(10)12-19-8-22(24(11)12)15-20-13(26-21-15)16(25)5-6-16/h1-4,7-8,12,25H,5-6H2. The summed E-state index contributed by atoms with van der Waals surface area (Å²) in [7, 11) is 0. The van der Waals surface area contributed by atoms with Crippen molar-refractivity contribution in [2.45, 2.75) is 24.6 Å². The SMILES string of the molecule is OC1(c2nc(N3C=NC4c5ccccc5-n5c(cnc5F)N43)no2)CC1. The van der Waals surface area contributed by atoms with Crippen LogP contribution in [-0.2, 0) is 5.60 Å². The molecule has 1 saturated carbocycles. The van der Waals surface area contributed by atoms with E-state index in [1.807, 2.05) is 24.3 Å². The number of aromatic nitrogens is 4. The quantitative estimate of drug-likeness (QED) is 0.748. The average molecular weight is 353 g/mol. The molecule has 1 aliphatic carbocycles. The van der Waals surface area contributed by atoms with Crippen LogP contribution < -0.4 is 10.0 Å². The fourth-order valence-corrected chi connectivity index (χ4v) is 3.40. The largest absolute Gasteiger partial charge is 0.380 e. The molecule has 2 aromatic heterocycles. The van der Waals surface area contributed by atoms with Gasteiger partial charge in [-0.3, -0.25) is 4.57 Å². The van der Waals surface area contributed by atoms with Crippen molar-refractivity contribution in [2.75, 3.05) is 10.0 Å². The smallest absolute Gasteiger partial charge is 0.295 e. The third kappa shape index (κ3) is 1.66. The van der Waals surface area contributed by atoms with Crippen molar-refractivity contribution in [2.24, 2.45) is 4.99 Å². The van der Waals surface area contributed by atoms with Crippen molar-refractivity contribution in [3.05, 3.63) is 48.0 Å². The van der Waals surface area contributed by atoms with Crippen LogP contribution in [0, 0.1) is 6.08 Å². The van der Waals surface area contributed by atoms with E-state index in [4.69, 9.17) is 4.52 Å². The van der Waals surface area contributed by atoms with Gasteiger partial charge in [-0.15, -0.1) is 0 Å². The van der Waals surface area contributed by atoms with Crippen LogP contribution in [0.25, 0.3) is 5.69 Å². The molecule has 6 rings (SSSR count). The second kappa shape index (κ2) is 4.47. The van der Waals surface area contributed by atoms with Gasteiger partial charge >= 0.3 is 0 Å². The first kappa shape index (κ1) is 14.0. The Morgan fingerprint density at radius 3 is 2.96 bits per heavy atom. The van der Waals surface area contributed by atoms with Gasteiger partial charge in [0.05, 0.1) is 11.9 Å². The van der Waals surface area contributed by atoms with E-state index in [0.29, 0.717) is 24.3 Å². The summed E-state index contributed by atoms with van der Waals surface area (Å²) in [4.78, 5) is 12.6. The predicted molar refractivity (Wildman–Crippen MR) is 87.1 cm³/mol. The van der Waals surface area contributed by atoms with Gasteiger partial charge in [0.1, 0.15) is 11.9 Å². The Hall–Kier alpha value is -3.27. The maximum absolute atomic E-state index is 14.3. The Labute approximate surface area is 146 Å². The molecule has 0 radical (unpaired) electrons. The molecule has 0 bridgehead atoms. The minimum atomic E-state index is -1.02. The fourth-order valence-electron chi connectivity index (χ4n) is 3.40. The Morgan fingerprint density at radius 1 is 1.27 bits per heavy atom. The lowest BCUT2D eigenvalue weighted by Crippen LogP contribution is -2.43. The molecule has 2 aliphatic heterocycles. The number of anilines is 2. The summed E-state index contributed by atoms with van der Waals surface area (Å²) < 4.78 is 21.0. The summed E-state index contributed by atoms with van der Waals surface area (Å²) in [5, 5.41) is 17.4. The number of imidazole rings is 1. The number of halogens is 1. The van der Waals surface area contributed by atoms with Crippen molar-refractivity contribution in [1.29, 1.82) is 0 Å². The van der Waals surface area contributed by atoms with Crippen molar-refractivity contribution in [3.63, 3.8) is 0 Å². The summed E-state index contributed by atoms with van der Waals surface area (Å²) in [6.07, 6.45) is 3.20. The van der Waals surface area contributed by atoms with Crippen LogP contribution in [0.3, 0.4) is 0 Å². The number of aliphatic imine (C=N–C) groups is 1. The van der Waals surface area contributed by atoms with Crippen LogP contribution >= 0.6 is 0 Å². The van der Waals surface area contributed by atoms with E-state index in [1.165, 1.54) is 10.8 Å². The minimum Gasteiger partial charge on any atom is -0.380 e. The highest BCUT2D eigenvalue weighted by molar-refractivity contribution is 5.85. The lowest BCUT2D eigenvalue weighted by atomic mass is 10.1. The highest BCUT2D eigenvalue weighted by atomic mass is 19.1. The van der Waals surface area contributed by atoms with Crippen LogP contribution in [-0.4, -0.2) is 31.1 Å². The maximum atomic E-state index is 14.3. The molecule has 3 aliphatic rings. The topological polar surface area (TPSA) is 95.8 Å². The van der Waals surface area contributed by atoms with Crippen molar-refractivity contribution >= 4 is 18.1 Å². The molecule has 1 aromatic carbocycles. The van der Waals surface area contributed by atoms with E-state index in [1.54, 1.807) is 16.4 Å². The Morgan fingerprint density at radius 2 is 2.12 bits per heavy atom. The Bertz CT molecular complexity index is 1070. The van der Waals surface area contributed by atoms with Crippen LogP contribution in [0.1, 0.15) is 30.5 Å². The zero-order chi connectivity index (χ0) is 17.5. The van der Waals surface area contributed by atoms with E-state index in [9.17, 15) is 9.50 Å². The molecule has 1 fully saturated rings. The van der Waals surface area contributed by atoms with Gasteiger partial charge in [-0.2, -0.15) is 9.37 Å². The van der Waals surface area contributed by atoms with Crippen LogP contribution in [0.4, 0.5) is 16.2 Å². The molecule has 0 spiro atoms. The number of para-hydroxylation sites is 1. The van der Waals surface area contributed by atoms with Gasteiger partial charge in [-0.05, 0) is 24.1 Å². The molecular formula is C16H12FN7O2. The van der Waals surface area contributed by atoms with Crippen LogP contribution in [0.2, 0.25) is 0 Å². The van der Waals surface area contributed by atoms with E-state index in [-0.39, 0.29) is 18.0 Å². The number of fused-ring (bicyclic) bond motifs is 6. The number of benzene rings is 1.